The minimum Gasteiger partial charge on any atom is -0.394 e. The van der Waals surface area contributed by atoms with Crippen LogP contribution in [-0.2, 0) is 33.2 Å². The second-order valence-electron chi connectivity index (χ2n) is 23.2. The van der Waals surface area contributed by atoms with Crippen LogP contribution in [0.15, 0.2) is 85.1 Å². The lowest BCUT2D eigenvalue weighted by Gasteiger charge is -2.48. The number of hydrogen-bond donors (Lipinski definition) is 12. The maximum Gasteiger partial charge on any atom is 0.220 e. The molecule has 0 aromatic carbocycles. The van der Waals surface area contributed by atoms with Gasteiger partial charge in [-0.1, -0.05) is 208 Å². The number of unbranched alkanes of at least 4 members (excludes halogenated alkanes) is 20. The molecule has 0 spiro atoms. The number of rotatable bonds is 48. The fourth-order valence-electron chi connectivity index (χ4n) is 10.6. The van der Waals surface area contributed by atoms with Gasteiger partial charge in [0.2, 0.25) is 5.91 Å². The third-order valence-corrected chi connectivity index (χ3v) is 15.9. The second kappa shape index (κ2) is 48.8. The lowest BCUT2D eigenvalue weighted by atomic mass is 9.96. The first-order valence-electron chi connectivity index (χ1n) is 32.8. The van der Waals surface area contributed by atoms with E-state index < -0.39 is 124 Å². The van der Waals surface area contributed by atoms with Gasteiger partial charge in [0.05, 0.1) is 38.6 Å². The van der Waals surface area contributed by atoms with E-state index in [2.05, 4.69) is 92.1 Å². The predicted octanol–water partition coefficient (Wildman–Crippen LogP) is 7.54. The first kappa shape index (κ1) is 77.2. The predicted molar refractivity (Wildman–Crippen MR) is 332 cm³/mol. The van der Waals surface area contributed by atoms with Crippen LogP contribution >= 0.6 is 0 Å². The molecule has 3 aliphatic heterocycles. The zero-order valence-corrected chi connectivity index (χ0v) is 52.0. The van der Waals surface area contributed by atoms with Crippen molar-refractivity contribution in [2.75, 3.05) is 26.4 Å². The number of amides is 1. The quantitative estimate of drug-likeness (QED) is 0.0207. The summed E-state index contributed by atoms with van der Waals surface area (Å²) in [7, 11) is 0. The summed E-state index contributed by atoms with van der Waals surface area (Å²) in [4.78, 5) is 13.4. The van der Waals surface area contributed by atoms with Crippen LogP contribution in [0, 0.1) is 0 Å². The van der Waals surface area contributed by atoms with Crippen molar-refractivity contribution in [3.63, 3.8) is 0 Å². The molecule has 496 valence electrons. The van der Waals surface area contributed by atoms with E-state index in [1.165, 1.54) is 70.6 Å². The van der Waals surface area contributed by atoms with Crippen LogP contribution in [0.4, 0.5) is 0 Å². The molecule has 19 nitrogen and oxygen atoms in total. The standard InChI is InChI=1S/C67H115NO18/c1-3-5-7-9-11-13-15-17-19-21-22-23-24-25-26-27-28-29-31-33-35-37-39-41-43-45-55(73)68-50(51(72)44-42-40-38-36-34-32-30-20-18-16-14-12-10-8-6-4-2)49-81-65-61(79)58(76)63(53(47-70)83-65)86-67-62(80)59(77)64(54(48-71)84-67)85-66-60(78)57(75)56(74)52(46-69)82-66/h5,7,11,13,17,19,22-23,25-26,28-29,42,44,50-54,56-67,69-72,74-80H,3-4,6,8-10,12,14-16,18,20-21,24,27,30-41,43,45-49H2,1-2H3,(H,68,73)/b7-5-,13-11-,19-17-,23-22-,26-25-,29-28-,44-42+. The maximum atomic E-state index is 13.4. The van der Waals surface area contributed by atoms with Gasteiger partial charge in [-0.2, -0.15) is 0 Å². The van der Waals surface area contributed by atoms with Crippen LogP contribution in [0.25, 0.3) is 0 Å². The van der Waals surface area contributed by atoms with Gasteiger partial charge in [0.1, 0.15) is 73.2 Å². The van der Waals surface area contributed by atoms with Crippen molar-refractivity contribution in [3.8, 4) is 0 Å². The molecule has 0 saturated carbocycles. The molecule has 3 rings (SSSR count). The molecule has 17 atom stereocenters. The Labute approximate surface area is 514 Å². The third-order valence-electron chi connectivity index (χ3n) is 15.9. The van der Waals surface area contributed by atoms with Crippen molar-refractivity contribution in [1.29, 1.82) is 0 Å². The minimum atomic E-state index is -1.98. The van der Waals surface area contributed by atoms with Crippen LogP contribution < -0.4 is 5.32 Å². The molecule has 0 aliphatic carbocycles. The molecule has 3 fully saturated rings. The zero-order valence-electron chi connectivity index (χ0n) is 52.0. The molecule has 86 heavy (non-hydrogen) atoms. The molecule has 0 radical (unpaired) electrons. The minimum absolute atomic E-state index is 0.221. The Morgan fingerprint density at radius 2 is 0.802 bits per heavy atom. The first-order chi connectivity index (χ1) is 41.8. The SMILES string of the molecule is CC/C=C\C/C=C\C/C=C\C/C=C\C/C=C\C/C=C\CCCCCCCCC(=O)NC(COC1OC(CO)C(OC2OC(CO)C(OC3OC(CO)C(O)C(O)C3O)C(O)C2O)C(O)C1O)C(O)/C=C/CCCCCCCCCCCCCCCC. The number of carbonyl (C=O) groups is 1. The third kappa shape index (κ3) is 31.1. The highest BCUT2D eigenvalue weighted by Crippen LogP contribution is 2.33. The Morgan fingerprint density at radius 1 is 0.430 bits per heavy atom. The number of allylic oxidation sites excluding steroid dienone is 13. The molecule has 3 heterocycles. The summed E-state index contributed by atoms with van der Waals surface area (Å²) < 4.78 is 34.3. The van der Waals surface area contributed by atoms with Gasteiger partial charge in [0.15, 0.2) is 18.9 Å². The Hall–Kier alpha value is -3.03. The number of ether oxygens (including phenoxy) is 6. The molecule has 3 saturated heterocycles. The van der Waals surface area contributed by atoms with E-state index in [0.717, 1.165) is 103 Å². The lowest BCUT2D eigenvalue weighted by Crippen LogP contribution is -2.66. The number of carbonyl (C=O) groups excluding carboxylic acids is 1. The van der Waals surface area contributed by atoms with Crippen molar-refractivity contribution < 1.29 is 89.4 Å². The first-order valence-corrected chi connectivity index (χ1v) is 32.8. The van der Waals surface area contributed by atoms with E-state index in [1.807, 2.05) is 6.08 Å². The average Bonchev–Trinajstić information content (AvgIpc) is 3.70. The summed E-state index contributed by atoms with van der Waals surface area (Å²) in [6.07, 6.45) is 34.0. The molecular weight excluding hydrogens is 1110 g/mol. The highest BCUT2D eigenvalue weighted by atomic mass is 16.8. The van der Waals surface area contributed by atoms with E-state index in [9.17, 15) is 61.0 Å². The summed E-state index contributed by atoms with van der Waals surface area (Å²) >= 11 is 0. The van der Waals surface area contributed by atoms with Gasteiger partial charge in [-0.3, -0.25) is 4.79 Å². The van der Waals surface area contributed by atoms with Crippen molar-refractivity contribution in [1.82, 2.24) is 5.32 Å². The summed E-state index contributed by atoms with van der Waals surface area (Å²) in [6.45, 7) is 1.59. The van der Waals surface area contributed by atoms with E-state index in [1.54, 1.807) is 6.08 Å². The molecule has 17 unspecified atom stereocenters. The molecule has 0 bridgehead atoms. The Bertz CT molecular complexity index is 1890. The monoisotopic (exact) mass is 1220 g/mol. The topological polar surface area (TPSA) is 307 Å². The van der Waals surface area contributed by atoms with Gasteiger partial charge in [-0.25, -0.2) is 0 Å². The lowest BCUT2D eigenvalue weighted by molar-refractivity contribution is -0.379. The zero-order chi connectivity index (χ0) is 62.6. The molecule has 3 aliphatic rings. The Kier molecular flexibility index (Phi) is 43.8. The van der Waals surface area contributed by atoms with Gasteiger partial charge in [0.25, 0.3) is 0 Å². The van der Waals surface area contributed by atoms with Crippen molar-refractivity contribution in [2.24, 2.45) is 0 Å². The largest absolute Gasteiger partial charge is 0.394 e. The van der Waals surface area contributed by atoms with Gasteiger partial charge < -0.3 is 89.9 Å². The van der Waals surface area contributed by atoms with Crippen LogP contribution in [0.1, 0.15) is 200 Å². The molecule has 0 aromatic heterocycles. The fraction of sp³-hybridized carbons (Fsp3) is 0.776. The number of hydrogen-bond acceptors (Lipinski definition) is 18. The van der Waals surface area contributed by atoms with Crippen LogP contribution in [0.2, 0.25) is 0 Å². The van der Waals surface area contributed by atoms with Gasteiger partial charge in [-0.15, -0.1) is 0 Å². The van der Waals surface area contributed by atoms with E-state index in [0.29, 0.717) is 6.42 Å². The summed E-state index contributed by atoms with van der Waals surface area (Å²) in [6, 6.07) is -0.987. The average molecular weight is 1220 g/mol. The number of aliphatic hydroxyl groups excluding tert-OH is 11. The number of aliphatic hydroxyl groups is 11. The van der Waals surface area contributed by atoms with Crippen molar-refractivity contribution in [3.05, 3.63) is 85.1 Å². The molecule has 0 aromatic rings. The van der Waals surface area contributed by atoms with Crippen molar-refractivity contribution in [2.45, 2.75) is 304 Å². The highest BCUT2D eigenvalue weighted by molar-refractivity contribution is 5.76. The smallest absolute Gasteiger partial charge is 0.220 e. The normalized spacial score (nSPS) is 29.3. The summed E-state index contributed by atoms with van der Waals surface area (Å²) in [5.74, 6) is -0.294. The Balaban J connectivity index is 1.47. The van der Waals surface area contributed by atoms with Gasteiger partial charge >= 0.3 is 0 Å². The molecule has 1 amide bonds. The summed E-state index contributed by atoms with van der Waals surface area (Å²) in [5, 5.41) is 120. The van der Waals surface area contributed by atoms with Crippen LogP contribution in [-0.4, -0.2) is 193 Å². The molecule has 19 heteroatoms. The van der Waals surface area contributed by atoms with Gasteiger partial charge in [0, 0.05) is 6.42 Å². The van der Waals surface area contributed by atoms with Gasteiger partial charge in [-0.05, 0) is 70.6 Å². The second-order valence-corrected chi connectivity index (χ2v) is 23.2. The van der Waals surface area contributed by atoms with E-state index >= 15 is 0 Å². The van der Waals surface area contributed by atoms with E-state index in [4.69, 9.17) is 28.4 Å². The van der Waals surface area contributed by atoms with Crippen LogP contribution in [0.5, 0.6) is 0 Å². The number of nitrogens with one attached hydrogen (secondary N) is 1. The summed E-state index contributed by atoms with van der Waals surface area (Å²) in [5.41, 5.74) is 0. The fourth-order valence-corrected chi connectivity index (χ4v) is 10.6. The molecule has 12 N–H and O–H groups in total. The van der Waals surface area contributed by atoms with Crippen molar-refractivity contribution >= 4 is 5.91 Å². The maximum absolute atomic E-state index is 13.4. The van der Waals surface area contributed by atoms with E-state index in [-0.39, 0.29) is 18.9 Å². The molecular formula is C67H115NO18. The highest BCUT2D eigenvalue weighted by Gasteiger charge is 2.53. The van der Waals surface area contributed by atoms with Crippen LogP contribution in [0.3, 0.4) is 0 Å². The Morgan fingerprint density at radius 3 is 1.26 bits per heavy atom.